The Morgan fingerprint density at radius 1 is 1.10 bits per heavy atom. The fourth-order valence-corrected chi connectivity index (χ4v) is 4.18. The van der Waals surface area contributed by atoms with Crippen molar-refractivity contribution in [2.75, 3.05) is 26.4 Å². The van der Waals surface area contributed by atoms with E-state index in [-0.39, 0.29) is 12.3 Å². The Balaban J connectivity index is 2.54. The van der Waals surface area contributed by atoms with Crippen molar-refractivity contribution in [2.45, 2.75) is 26.8 Å². The second-order valence-corrected chi connectivity index (χ2v) is 6.81. The lowest BCUT2D eigenvalue weighted by atomic mass is 10.4. The minimum absolute atomic E-state index is 0.182. The monoisotopic (exact) mass is 313 g/mol. The SMILES string of the molecule is CCO[Si](CCOC(=O)c1ccccn1)(OCC)OCC. The van der Waals surface area contributed by atoms with E-state index >= 15 is 0 Å². The summed E-state index contributed by atoms with van der Waals surface area (Å²) in [6, 6.07) is 5.53. The summed E-state index contributed by atoms with van der Waals surface area (Å²) < 4.78 is 22.3. The average Bonchev–Trinajstić information content (AvgIpc) is 2.49. The van der Waals surface area contributed by atoms with Crippen LogP contribution < -0.4 is 0 Å². The highest BCUT2D eigenvalue weighted by Crippen LogP contribution is 2.16. The topological polar surface area (TPSA) is 66.9 Å². The Bertz CT molecular complexity index is 398. The minimum Gasteiger partial charge on any atom is -0.461 e. The lowest BCUT2D eigenvalue weighted by Crippen LogP contribution is -2.47. The number of nitrogens with zero attached hydrogens (tertiary/aromatic N) is 1. The number of pyridine rings is 1. The fraction of sp³-hybridized carbons (Fsp3) is 0.571. The number of hydrogen-bond donors (Lipinski definition) is 0. The third-order valence-electron chi connectivity index (χ3n) is 2.61. The van der Waals surface area contributed by atoms with Crippen LogP contribution in [0.5, 0.6) is 0 Å². The van der Waals surface area contributed by atoms with Crippen LogP contribution in [0.15, 0.2) is 24.4 Å². The van der Waals surface area contributed by atoms with E-state index in [1.807, 2.05) is 20.8 Å². The molecule has 0 spiro atoms. The van der Waals surface area contributed by atoms with Crippen LogP contribution in [0.1, 0.15) is 31.3 Å². The molecule has 1 aromatic rings. The van der Waals surface area contributed by atoms with E-state index in [2.05, 4.69) is 4.98 Å². The first-order valence-electron chi connectivity index (χ1n) is 7.17. The Labute approximate surface area is 126 Å². The molecule has 6 nitrogen and oxygen atoms in total. The van der Waals surface area contributed by atoms with Crippen LogP contribution in [-0.2, 0) is 18.0 Å². The van der Waals surface area contributed by atoms with E-state index in [1.54, 1.807) is 24.4 Å². The molecule has 1 rings (SSSR count). The molecule has 21 heavy (non-hydrogen) atoms. The summed E-state index contributed by atoms with van der Waals surface area (Å²) in [4.78, 5) is 15.8. The van der Waals surface area contributed by atoms with Crippen LogP contribution in [-0.4, -0.2) is 46.2 Å². The van der Waals surface area contributed by atoms with Crippen molar-refractivity contribution in [3.63, 3.8) is 0 Å². The first kappa shape index (κ1) is 17.8. The van der Waals surface area contributed by atoms with Crippen LogP contribution in [0, 0.1) is 0 Å². The standard InChI is InChI=1S/C14H23NO5Si/c1-4-18-21(19-5-2,20-6-3)12-11-17-14(16)13-9-7-8-10-15-13/h7-10H,4-6,11-12H2,1-3H3. The molecule has 0 amide bonds. The predicted molar refractivity (Wildman–Crippen MR) is 80.0 cm³/mol. The Kier molecular flexibility index (Phi) is 8.14. The van der Waals surface area contributed by atoms with Crippen LogP contribution >= 0.6 is 0 Å². The molecule has 1 aromatic heterocycles. The molecule has 0 aliphatic heterocycles. The molecule has 0 N–H and O–H groups in total. The van der Waals surface area contributed by atoms with Gasteiger partial charge >= 0.3 is 14.8 Å². The van der Waals surface area contributed by atoms with Crippen LogP contribution in [0.3, 0.4) is 0 Å². The zero-order valence-corrected chi connectivity index (χ0v) is 13.8. The third-order valence-corrected chi connectivity index (χ3v) is 5.61. The van der Waals surface area contributed by atoms with E-state index in [9.17, 15) is 4.79 Å². The zero-order chi connectivity index (χ0) is 15.6. The van der Waals surface area contributed by atoms with E-state index in [4.69, 9.17) is 18.0 Å². The van der Waals surface area contributed by atoms with Crippen molar-refractivity contribution < 1.29 is 22.8 Å². The van der Waals surface area contributed by atoms with Gasteiger partial charge < -0.3 is 18.0 Å². The summed E-state index contributed by atoms with van der Waals surface area (Å²) in [6.45, 7) is 7.35. The van der Waals surface area contributed by atoms with Gasteiger partial charge in [0.15, 0.2) is 0 Å². The van der Waals surface area contributed by atoms with Gasteiger partial charge in [0.2, 0.25) is 0 Å². The van der Waals surface area contributed by atoms with Gasteiger partial charge in [-0.25, -0.2) is 9.78 Å². The smallest absolute Gasteiger partial charge is 0.461 e. The van der Waals surface area contributed by atoms with Gasteiger partial charge in [0, 0.05) is 26.0 Å². The van der Waals surface area contributed by atoms with Crippen molar-refractivity contribution in [3.05, 3.63) is 30.1 Å². The summed E-state index contributed by atoms with van der Waals surface area (Å²) in [6.07, 6.45) is 1.55. The van der Waals surface area contributed by atoms with Crippen molar-refractivity contribution in [1.82, 2.24) is 4.98 Å². The Hall–Kier alpha value is -1.28. The van der Waals surface area contributed by atoms with Gasteiger partial charge in [0.25, 0.3) is 0 Å². The normalized spacial score (nSPS) is 11.4. The first-order chi connectivity index (χ1) is 10.2. The molecule has 0 unspecified atom stereocenters. The Morgan fingerprint density at radius 2 is 1.71 bits per heavy atom. The number of hydrogen-bond acceptors (Lipinski definition) is 6. The number of rotatable bonds is 10. The van der Waals surface area contributed by atoms with Gasteiger partial charge in [0.05, 0.1) is 12.7 Å². The maximum absolute atomic E-state index is 11.8. The molecule has 0 bridgehead atoms. The molecule has 0 aliphatic carbocycles. The summed E-state index contributed by atoms with van der Waals surface area (Å²) in [5.41, 5.74) is 0.286. The third kappa shape index (κ3) is 5.92. The molecule has 0 saturated heterocycles. The number of ether oxygens (including phenoxy) is 1. The van der Waals surface area contributed by atoms with Crippen molar-refractivity contribution in [2.24, 2.45) is 0 Å². The summed E-state index contributed by atoms with van der Waals surface area (Å²) in [5, 5.41) is 0. The lowest BCUT2D eigenvalue weighted by molar-refractivity contribution is 0.0431. The lowest BCUT2D eigenvalue weighted by Gasteiger charge is -2.28. The van der Waals surface area contributed by atoms with Gasteiger partial charge in [-0.15, -0.1) is 0 Å². The first-order valence-corrected chi connectivity index (χ1v) is 9.10. The maximum Gasteiger partial charge on any atom is 0.504 e. The largest absolute Gasteiger partial charge is 0.504 e. The number of carbonyl (C=O) groups excluding carboxylic acids is 1. The van der Waals surface area contributed by atoms with E-state index in [0.717, 1.165) is 0 Å². The molecule has 0 aliphatic rings. The van der Waals surface area contributed by atoms with Crippen molar-refractivity contribution in [3.8, 4) is 0 Å². The molecular formula is C14H23NO5Si. The fourth-order valence-electron chi connectivity index (χ4n) is 1.83. The maximum atomic E-state index is 11.8. The van der Waals surface area contributed by atoms with Gasteiger partial charge in [-0.2, -0.15) is 0 Å². The highest BCUT2D eigenvalue weighted by molar-refractivity contribution is 6.60. The minimum atomic E-state index is -2.76. The molecule has 0 fully saturated rings. The summed E-state index contributed by atoms with van der Waals surface area (Å²) >= 11 is 0. The quantitative estimate of drug-likeness (QED) is 0.488. The summed E-state index contributed by atoms with van der Waals surface area (Å²) in [5.74, 6) is -0.456. The zero-order valence-electron chi connectivity index (χ0n) is 12.8. The Morgan fingerprint density at radius 3 is 2.19 bits per heavy atom. The van der Waals surface area contributed by atoms with Gasteiger partial charge in [-0.1, -0.05) is 6.07 Å². The number of esters is 1. The highest BCUT2D eigenvalue weighted by atomic mass is 28.4. The second-order valence-electron chi connectivity index (χ2n) is 4.08. The van der Waals surface area contributed by atoms with Crippen LogP contribution in [0.2, 0.25) is 6.04 Å². The van der Waals surface area contributed by atoms with Crippen molar-refractivity contribution >= 4 is 14.8 Å². The molecule has 118 valence electrons. The van der Waals surface area contributed by atoms with Gasteiger partial charge in [0.1, 0.15) is 5.69 Å². The predicted octanol–water partition coefficient (Wildman–Crippen LogP) is 2.29. The molecule has 0 aromatic carbocycles. The van der Waals surface area contributed by atoms with E-state index in [0.29, 0.717) is 25.9 Å². The molecule has 7 heteroatoms. The molecular weight excluding hydrogens is 290 g/mol. The summed E-state index contributed by atoms with van der Waals surface area (Å²) in [7, 11) is -2.76. The molecule has 0 atom stereocenters. The van der Waals surface area contributed by atoms with Crippen molar-refractivity contribution in [1.29, 1.82) is 0 Å². The van der Waals surface area contributed by atoms with E-state index < -0.39 is 14.8 Å². The van der Waals surface area contributed by atoms with E-state index in [1.165, 1.54) is 0 Å². The number of carbonyl (C=O) groups is 1. The molecule has 0 radical (unpaired) electrons. The molecule has 0 saturated carbocycles. The highest BCUT2D eigenvalue weighted by Gasteiger charge is 2.40. The van der Waals surface area contributed by atoms with Gasteiger partial charge in [-0.3, -0.25) is 0 Å². The van der Waals surface area contributed by atoms with Crippen LogP contribution in [0.25, 0.3) is 0 Å². The average molecular weight is 313 g/mol. The molecule has 1 heterocycles. The van der Waals surface area contributed by atoms with Crippen LogP contribution in [0.4, 0.5) is 0 Å². The number of aromatic nitrogens is 1. The van der Waals surface area contributed by atoms with Gasteiger partial charge in [-0.05, 0) is 32.9 Å². The second kappa shape index (κ2) is 9.62.